The van der Waals surface area contributed by atoms with Crippen LogP contribution in [0.2, 0.25) is 0 Å². The third-order valence-corrected chi connectivity index (χ3v) is 2.70. The first kappa shape index (κ1) is 9.65. The highest BCUT2D eigenvalue weighted by atomic mass is 32.2. The minimum Gasteiger partial charge on any atom is -0.490 e. The van der Waals surface area contributed by atoms with Crippen molar-refractivity contribution in [3.8, 4) is 5.75 Å². The number of nitrogens with one attached hydrogen (secondary N) is 1. The van der Waals surface area contributed by atoms with E-state index in [4.69, 9.17) is 4.74 Å². The van der Waals surface area contributed by atoms with E-state index in [1.165, 1.54) is 12.8 Å². The van der Waals surface area contributed by atoms with Crippen LogP contribution in [0.4, 0.5) is 5.82 Å². The minimum atomic E-state index is 0.441. The quantitative estimate of drug-likeness (QED) is 0.774. The largest absolute Gasteiger partial charge is 0.490 e. The number of thioether (sulfide) groups is 1. The predicted octanol–water partition coefficient (Wildman–Crippen LogP) is 2.39. The molecule has 1 aromatic heterocycles. The molecule has 0 radical (unpaired) electrons. The molecule has 1 aliphatic carbocycles. The fourth-order valence-electron chi connectivity index (χ4n) is 1.16. The van der Waals surface area contributed by atoms with Gasteiger partial charge in [0.05, 0.1) is 6.10 Å². The molecule has 3 nitrogen and oxygen atoms in total. The Bertz CT molecular complexity index is 304. The molecule has 76 valence electrons. The van der Waals surface area contributed by atoms with Crippen LogP contribution >= 0.6 is 11.8 Å². The van der Waals surface area contributed by atoms with E-state index < -0.39 is 0 Å². The third-order valence-electron chi connectivity index (χ3n) is 2.07. The second-order valence-electron chi connectivity index (χ2n) is 3.30. The number of ether oxygens (including phenoxy) is 1. The second kappa shape index (κ2) is 4.09. The van der Waals surface area contributed by atoms with Crippen LogP contribution < -0.4 is 10.1 Å². The molecule has 1 fully saturated rings. The van der Waals surface area contributed by atoms with Gasteiger partial charge in [-0.2, -0.15) is 0 Å². The van der Waals surface area contributed by atoms with Crippen LogP contribution in [0, 0.1) is 0 Å². The van der Waals surface area contributed by atoms with Crippen LogP contribution in [-0.2, 0) is 0 Å². The first-order chi connectivity index (χ1) is 6.81. The summed E-state index contributed by atoms with van der Waals surface area (Å²) in [7, 11) is 1.87. The Morgan fingerprint density at radius 1 is 1.50 bits per heavy atom. The first-order valence-corrected chi connectivity index (χ1v) is 5.95. The summed E-state index contributed by atoms with van der Waals surface area (Å²) in [4.78, 5) is 4.37. The number of aromatic nitrogens is 1. The summed E-state index contributed by atoms with van der Waals surface area (Å²) in [5.41, 5.74) is 0. The van der Waals surface area contributed by atoms with Crippen molar-refractivity contribution in [2.24, 2.45) is 0 Å². The zero-order valence-corrected chi connectivity index (χ0v) is 9.23. The molecular formula is C10H14N2OS. The zero-order chi connectivity index (χ0) is 9.97. The molecule has 0 saturated heterocycles. The van der Waals surface area contributed by atoms with Crippen molar-refractivity contribution in [1.82, 2.24) is 4.98 Å². The lowest BCUT2D eigenvalue weighted by atomic mass is 10.4. The molecule has 0 spiro atoms. The molecule has 0 unspecified atom stereocenters. The number of nitrogens with zero attached hydrogens (tertiary/aromatic N) is 1. The molecule has 1 aliphatic rings. The van der Waals surface area contributed by atoms with Gasteiger partial charge < -0.3 is 10.1 Å². The normalized spacial score (nSPS) is 15.3. The number of anilines is 1. The van der Waals surface area contributed by atoms with Gasteiger partial charge in [0.25, 0.3) is 0 Å². The summed E-state index contributed by atoms with van der Waals surface area (Å²) in [5.74, 6) is 1.80. The van der Waals surface area contributed by atoms with E-state index in [9.17, 15) is 0 Å². The van der Waals surface area contributed by atoms with Gasteiger partial charge in [0.1, 0.15) is 16.6 Å². The maximum atomic E-state index is 5.72. The molecule has 4 heteroatoms. The molecule has 0 aliphatic heterocycles. The number of hydrogen-bond donors (Lipinski definition) is 1. The Morgan fingerprint density at radius 3 is 2.86 bits per heavy atom. The van der Waals surface area contributed by atoms with Crippen LogP contribution in [-0.4, -0.2) is 24.4 Å². The van der Waals surface area contributed by atoms with Gasteiger partial charge in [-0.15, -0.1) is 11.8 Å². The molecule has 1 heterocycles. The molecule has 1 aromatic rings. The summed E-state index contributed by atoms with van der Waals surface area (Å²) in [6.45, 7) is 0. The molecule has 14 heavy (non-hydrogen) atoms. The molecule has 1 N–H and O–H groups in total. The fraction of sp³-hybridized carbons (Fsp3) is 0.500. The van der Waals surface area contributed by atoms with E-state index >= 15 is 0 Å². The van der Waals surface area contributed by atoms with Gasteiger partial charge in [0.15, 0.2) is 0 Å². The van der Waals surface area contributed by atoms with Crippen molar-refractivity contribution < 1.29 is 4.74 Å². The summed E-state index contributed by atoms with van der Waals surface area (Å²) in [6.07, 6.45) is 4.83. The predicted molar refractivity (Wildman–Crippen MR) is 59.2 cm³/mol. The zero-order valence-electron chi connectivity index (χ0n) is 8.41. The lowest BCUT2D eigenvalue weighted by Crippen LogP contribution is -1.99. The van der Waals surface area contributed by atoms with Crippen LogP contribution in [0.5, 0.6) is 5.75 Å². The van der Waals surface area contributed by atoms with E-state index in [1.54, 1.807) is 11.8 Å². The number of hydrogen-bond acceptors (Lipinski definition) is 4. The van der Waals surface area contributed by atoms with Crippen molar-refractivity contribution in [1.29, 1.82) is 0 Å². The van der Waals surface area contributed by atoms with Crippen LogP contribution in [0.1, 0.15) is 12.8 Å². The number of pyridine rings is 1. The van der Waals surface area contributed by atoms with Gasteiger partial charge in [-0.3, -0.25) is 0 Å². The minimum absolute atomic E-state index is 0.441. The highest BCUT2D eigenvalue weighted by molar-refractivity contribution is 7.98. The summed E-state index contributed by atoms with van der Waals surface area (Å²) >= 11 is 1.63. The van der Waals surface area contributed by atoms with Crippen molar-refractivity contribution in [2.75, 3.05) is 18.6 Å². The Morgan fingerprint density at radius 2 is 2.29 bits per heavy atom. The van der Waals surface area contributed by atoms with Crippen molar-refractivity contribution >= 4 is 17.6 Å². The summed E-state index contributed by atoms with van der Waals surface area (Å²) < 4.78 is 5.72. The van der Waals surface area contributed by atoms with Gasteiger partial charge in [0, 0.05) is 19.2 Å². The fourth-order valence-corrected chi connectivity index (χ4v) is 1.58. The van der Waals surface area contributed by atoms with E-state index in [1.807, 2.05) is 25.4 Å². The molecule has 0 atom stereocenters. The highest BCUT2D eigenvalue weighted by Crippen LogP contribution is 2.29. The standard InChI is InChI=1S/C10H14N2OS/c1-11-9-5-8(13-7-3-4-7)6-10(12-9)14-2/h5-7H,3-4H2,1-2H3,(H,11,12). The van der Waals surface area contributed by atoms with Gasteiger partial charge in [-0.1, -0.05) is 0 Å². The Kier molecular flexibility index (Phi) is 2.82. The van der Waals surface area contributed by atoms with Gasteiger partial charge in [-0.25, -0.2) is 4.98 Å². The van der Waals surface area contributed by atoms with Crippen LogP contribution in [0.25, 0.3) is 0 Å². The van der Waals surface area contributed by atoms with Crippen molar-refractivity contribution in [2.45, 2.75) is 24.0 Å². The lowest BCUT2D eigenvalue weighted by Gasteiger charge is -2.08. The van der Waals surface area contributed by atoms with E-state index in [-0.39, 0.29) is 0 Å². The van der Waals surface area contributed by atoms with E-state index in [0.717, 1.165) is 16.6 Å². The topological polar surface area (TPSA) is 34.1 Å². The van der Waals surface area contributed by atoms with Gasteiger partial charge in [-0.05, 0) is 19.1 Å². The monoisotopic (exact) mass is 210 g/mol. The maximum absolute atomic E-state index is 5.72. The van der Waals surface area contributed by atoms with Crippen LogP contribution in [0.15, 0.2) is 17.2 Å². The second-order valence-corrected chi connectivity index (χ2v) is 4.12. The lowest BCUT2D eigenvalue weighted by molar-refractivity contribution is 0.302. The molecule has 2 rings (SSSR count). The smallest absolute Gasteiger partial charge is 0.130 e. The third kappa shape index (κ3) is 2.32. The maximum Gasteiger partial charge on any atom is 0.130 e. The number of rotatable bonds is 4. The average Bonchev–Trinajstić information content (AvgIpc) is 3.01. The van der Waals surface area contributed by atoms with E-state index in [2.05, 4.69) is 10.3 Å². The van der Waals surface area contributed by atoms with E-state index in [0.29, 0.717) is 6.10 Å². The molecule has 1 saturated carbocycles. The Balaban J connectivity index is 2.19. The van der Waals surface area contributed by atoms with Crippen molar-refractivity contribution in [3.63, 3.8) is 0 Å². The molecular weight excluding hydrogens is 196 g/mol. The molecule has 0 bridgehead atoms. The highest BCUT2D eigenvalue weighted by Gasteiger charge is 2.23. The van der Waals surface area contributed by atoms with Gasteiger partial charge in [0.2, 0.25) is 0 Å². The summed E-state index contributed by atoms with van der Waals surface area (Å²) in [6, 6.07) is 3.93. The van der Waals surface area contributed by atoms with Crippen molar-refractivity contribution in [3.05, 3.63) is 12.1 Å². The first-order valence-electron chi connectivity index (χ1n) is 4.72. The molecule has 0 aromatic carbocycles. The Hall–Kier alpha value is -0.900. The SMILES string of the molecule is CNc1cc(OC2CC2)cc(SC)n1. The van der Waals surface area contributed by atoms with Crippen LogP contribution in [0.3, 0.4) is 0 Å². The summed E-state index contributed by atoms with van der Waals surface area (Å²) in [5, 5.41) is 4.02. The van der Waals surface area contributed by atoms with Gasteiger partial charge >= 0.3 is 0 Å². The average molecular weight is 210 g/mol. The Labute approximate surface area is 88.3 Å². The molecule has 0 amide bonds.